The molecule has 0 amide bonds. The molecule has 0 fully saturated rings. The Kier molecular flexibility index (Phi) is 3.30. The third-order valence-corrected chi connectivity index (χ3v) is 4.36. The summed E-state index contributed by atoms with van der Waals surface area (Å²) in [4.78, 5) is 4.85. The number of aromatic nitrogens is 1. The van der Waals surface area contributed by atoms with Crippen molar-refractivity contribution in [3.63, 3.8) is 0 Å². The van der Waals surface area contributed by atoms with Gasteiger partial charge in [-0.05, 0) is 56.9 Å². The monoisotopic (exact) mass is 289 g/mol. The molecule has 2 aromatic carbocycles. The lowest BCUT2D eigenvalue weighted by Crippen LogP contribution is -2.08. The van der Waals surface area contributed by atoms with Crippen LogP contribution in [0, 0.1) is 6.92 Å². The molecule has 1 aromatic heterocycles. The zero-order chi connectivity index (χ0) is 14.9. The van der Waals surface area contributed by atoms with Crippen molar-refractivity contribution < 1.29 is 4.74 Å². The zero-order valence-corrected chi connectivity index (χ0v) is 12.8. The van der Waals surface area contributed by atoms with Gasteiger partial charge >= 0.3 is 0 Å². The third kappa shape index (κ3) is 2.35. The summed E-state index contributed by atoms with van der Waals surface area (Å²) in [5.41, 5.74) is 4.79. The SMILES string of the molecule is Cc1ccc(Oc2c3c(nc4ccccc24)CCCC3)cc1. The van der Waals surface area contributed by atoms with Gasteiger partial charge in [0.2, 0.25) is 0 Å². The number of rotatable bonds is 2. The first kappa shape index (κ1) is 13.3. The lowest BCUT2D eigenvalue weighted by molar-refractivity contribution is 0.474. The van der Waals surface area contributed by atoms with Gasteiger partial charge in [-0.1, -0.05) is 29.8 Å². The van der Waals surface area contributed by atoms with Crippen LogP contribution in [0.2, 0.25) is 0 Å². The Morgan fingerprint density at radius 1 is 0.909 bits per heavy atom. The van der Waals surface area contributed by atoms with Crippen LogP contribution in [0.15, 0.2) is 48.5 Å². The van der Waals surface area contributed by atoms with E-state index in [0.29, 0.717) is 0 Å². The Bertz CT molecular complexity index is 821. The molecular formula is C20H19NO. The van der Waals surface area contributed by atoms with Crippen LogP contribution < -0.4 is 4.74 Å². The smallest absolute Gasteiger partial charge is 0.141 e. The van der Waals surface area contributed by atoms with Crippen molar-refractivity contribution in [2.45, 2.75) is 32.6 Å². The van der Waals surface area contributed by atoms with Crippen molar-refractivity contribution in [2.24, 2.45) is 0 Å². The Labute approximate surface area is 130 Å². The number of benzene rings is 2. The van der Waals surface area contributed by atoms with Gasteiger partial charge < -0.3 is 4.74 Å². The second kappa shape index (κ2) is 5.45. The minimum atomic E-state index is 0.898. The van der Waals surface area contributed by atoms with E-state index in [-0.39, 0.29) is 0 Å². The third-order valence-electron chi connectivity index (χ3n) is 4.36. The molecule has 0 spiro atoms. The van der Waals surface area contributed by atoms with Crippen molar-refractivity contribution in [1.29, 1.82) is 0 Å². The fourth-order valence-corrected chi connectivity index (χ4v) is 3.17. The Balaban J connectivity index is 1.88. The Morgan fingerprint density at radius 3 is 2.55 bits per heavy atom. The molecule has 110 valence electrons. The van der Waals surface area contributed by atoms with E-state index in [1.807, 2.05) is 18.2 Å². The zero-order valence-electron chi connectivity index (χ0n) is 12.8. The molecule has 3 aromatic rings. The number of hydrogen-bond acceptors (Lipinski definition) is 2. The molecule has 0 saturated carbocycles. The average molecular weight is 289 g/mol. The first-order valence-electron chi connectivity index (χ1n) is 7.96. The normalized spacial score (nSPS) is 13.9. The van der Waals surface area contributed by atoms with Crippen molar-refractivity contribution in [3.8, 4) is 11.5 Å². The van der Waals surface area contributed by atoms with E-state index >= 15 is 0 Å². The van der Waals surface area contributed by atoms with Gasteiger partial charge in [0, 0.05) is 16.6 Å². The fourth-order valence-electron chi connectivity index (χ4n) is 3.17. The van der Waals surface area contributed by atoms with Gasteiger partial charge in [0.05, 0.1) is 5.52 Å². The molecular weight excluding hydrogens is 270 g/mol. The molecule has 0 bridgehead atoms. The molecule has 0 N–H and O–H groups in total. The first-order valence-corrected chi connectivity index (χ1v) is 7.96. The number of aryl methyl sites for hydroxylation is 2. The number of hydrogen-bond donors (Lipinski definition) is 0. The summed E-state index contributed by atoms with van der Waals surface area (Å²) >= 11 is 0. The summed E-state index contributed by atoms with van der Waals surface area (Å²) in [6.45, 7) is 2.09. The largest absolute Gasteiger partial charge is 0.456 e. The van der Waals surface area contributed by atoms with Crippen LogP contribution in [0.4, 0.5) is 0 Å². The van der Waals surface area contributed by atoms with Crippen LogP contribution in [-0.4, -0.2) is 4.98 Å². The minimum absolute atomic E-state index is 0.898. The second-order valence-electron chi connectivity index (χ2n) is 6.01. The van der Waals surface area contributed by atoms with Gasteiger partial charge in [-0.2, -0.15) is 0 Å². The van der Waals surface area contributed by atoms with Crippen LogP contribution in [0.25, 0.3) is 10.9 Å². The van der Waals surface area contributed by atoms with Gasteiger partial charge in [-0.15, -0.1) is 0 Å². The topological polar surface area (TPSA) is 22.1 Å². The molecule has 0 unspecified atom stereocenters. The molecule has 0 saturated heterocycles. The first-order chi connectivity index (χ1) is 10.8. The lowest BCUT2D eigenvalue weighted by Gasteiger charge is -2.20. The molecule has 2 nitrogen and oxygen atoms in total. The molecule has 0 aliphatic heterocycles. The van der Waals surface area contributed by atoms with Crippen molar-refractivity contribution in [1.82, 2.24) is 4.98 Å². The summed E-state index contributed by atoms with van der Waals surface area (Å²) < 4.78 is 6.31. The maximum Gasteiger partial charge on any atom is 0.141 e. The van der Waals surface area contributed by atoms with Gasteiger partial charge in [-0.3, -0.25) is 4.98 Å². The van der Waals surface area contributed by atoms with Gasteiger partial charge in [0.1, 0.15) is 11.5 Å². The molecule has 4 rings (SSSR count). The minimum Gasteiger partial charge on any atom is -0.456 e. The molecule has 22 heavy (non-hydrogen) atoms. The summed E-state index contributed by atoms with van der Waals surface area (Å²) in [6, 6.07) is 16.5. The maximum absolute atomic E-state index is 6.31. The Morgan fingerprint density at radius 2 is 1.68 bits per heavy atom. The molecule has 1 aliphatic carbocycles. The highest BCUT2D eigenvalue weighted by atomic mass is 16.5. The number of nitrogens with zero attached hydrogens (tertiary/aromatic N) is 1. The van der Waals surface area contributed by atoms with Crippen LogP contribution in [-0.2, 0) is 12.8 Å². The number of para-hydroxylation sites is 1. The highest BCUT2D eigenvalue weighted by Crippen LogP contribution is 2.37. The fraction of sp³-hybridized carbons (Fsp3) is 0.250. The summed E-state index contributed by atoms with van der Waals surface area (Å²) in [7, 11) is 0. The van der Waals surface area contributed by atoms with E-state index in [2.05, 4.69) is 37.3 Å². The standard InChI is InChI=1S/C20H19NO/c1-14-10-12-15(13-11-14)22-20-16-6-2-4-8-18(16)21-19-9-5-3-7-17(19)20/h2,4,6,8,10-13H,3,5,7,9H2,1H3. The van der Waals surface area contributed by atoms with Gasteiger partial charge in [0.15, 0.2) is 0 Å². The molecule has 1 heterocycles. The van der Waals surface area contributed by atoms with Crippen LogP contribution in [0.5, 0.6) is 11.5 Å². The van der Waals surface area contributed by atoms with Crippen LogP contribution in [0.1, 0.15) is 29.7 Å². The molecule has 2 heteroatoms. The summed E-state index contributed by atoms with van der Waals surface area (Å²) in [6.07, 6.45) is 4.57. The van der Waals surface area contributed by atoms with E-state index in [0.717, 1.165) is 35.2 Å². The maximum atomic E-state index is 6.31. The predicted octanol–water partition coefficient (Wildman–Crippen LogP) is 5.21. The second-order valence-corrected chi connectivity index (χ2v) is 6.01. The van der Waals surface area contributed by atoms with Gasteiger partial charge in [0.25, 0.3) is 0 Å². The van der Waals surface area contributed by atoms with Crippen molar-refractivity contribution in [3.05, 3.63) is 65.4 Å². The van der Waals surface area contributed by atoms with E-state index < -0.39 is 0 Å². The molecule has 1 aliphatic rings. The highest BCUT2D eigenvalue weighted by Gasteiger charge is 2.19. The quantitative estimate of drug-likeness (QED) is 0.645. The van der Waals surface area contributed by atoms with Gasteiger partial charge in [-0.25, -0.2) is 0 Å². The van der Waals surface area contributed by atoms with Crippen LogP contribution in [0.3, 0.4) is 0 Å². The van der Waals surface area contributed by atoms with Crippen molar-refractivity contribution >= 4 is 10.9 Å². The summed E-state index contributed by atoms with van der Waals surface area (Å²) in [5, 5.41) is 1.11. The summed E-state index contributed by atoms with van der Waals surface area (Å²) in [5.74, 6) is 1.90. The van der Waals surface area contributed by atoms with E-state index in [1.54, 1.807) is 0 Å². The number of pyridine rings is 1. The average Bonchev–Trinajstić information content (AvgIpc) is 2.56. The number of ether oxygens (including phenoxy) is 1. The predicted molar refractivity (Wildman–Crippen MR) is 89.6 cm³/mol. The number of fused-ring (bicyclic) bond motifs is 2. The van der Waals surface area contributed by atoms with E-state index in [4.69, 9.17) is 9.72 Å². The molecule has 0 radical (unpaired) electrons. The highest BCUT2D eigenvalue weighted by molar-refractivity contribution is 5.87. The lowest BCUT2D eigenvalue weighted by atomic mass is 9.93. The van der Waals surface area contributed by atoms with Crippen molar-refractivity contribution in [2.75, 3.05) is 0 Å². The molecule has 0 atom stereocenters. The van der Waals surface area contributed by atoms with E-state index in [1.165, 1.54) is 29.7 Å². The Hall–Kier alpha value is -2.35. The van der Waals surface area contributed by atoms with Crippen LogP contribution >= 0.6 is 0 Å². The van der Waals surface area contributed by atoms with E-state index in [9.17, 15) is 0 Å².